The second-order valence-electron chi connectivity index (χ2n) is 5.97. The third kappa shape index (κ3) is 4.81. The van der Waals surface area contributed by atoms with E-state index in [4.69, 9.17) is 10.5 Å². The molecular weight excluding hydrogens is 318 g/mol. The topological polar surface area (TPSA) is 84.7 Å². The summed E-state index contributed by atoms with van der Waals surface area (Å²) >= 11 is 0. The summed E-state index contributed by atoms with van der Waals surface area (Å²) in [6, 6.07) is 16.7. The lowest BCUT2D eigenvalue weighted by atomic mass is 10.1. The number of anilines is 2. The molecule has 1 aliphatic heterocycles. The Morgan fingerprint density at radius 2 is 1.84 bits per heavy atom. The number of hydrogen-bond acceptors (Lipinski definition) is 4. The molecular formula is C19H21N3O3. The van der Waals surface area contributed by atoms with Crippen molar-refractivity contribution >= 4 is 23.4 Å². The van der Waals surface area contributed by atoms with Crippen molar-refractivity contribution in [3.63, 3.8) is 0 Å². The van der Waals surface area contributed by atoms with Gasteiger partial charge in [-0.2, -0.15) is 0 Å². The van der Waals surface area contributed by atoms with E-state index in [-0.39, 0.29) is 12.0 Å². The normalized spacial score (nSPS) is 15.9. The van der Waals surface area contributed by atoms with Crippen LogP contribution in [-0.4, -0.2) is 31.2 Å². The largest absolute Gasteiger partial charge is 0.447 e. The highest BCUT2D eigenvalue weighted by Crippen LogP contribution is 2.20. The fourth-order valence-electron chi connectivity index (χ4n) is 2.26. The third-order valence-electron chi connectivity index (χ3n) is 3.83. The molecule has 0 unspecified atom stereocenters. The number of cyclic esters (lactones) is 1. The van der Waals surface area contributed by atoms with Crippen molar-refractivity contribution in [2.24, 2.45) is 5.73 Å². The van der Waals surface area contributed by atoms with E-state index in [0.29, 0.717) is 30.4 Å². The van der Waals surface area contributed by atoms with Gasteiger partial charge in [0.05, 0.1) is 6.54 Å². The summed E-state index contributed by atoms with van der Waals surface area (Å²) in [7, 11) is 0. The molecule has 2 amide bonds. The Balaban J connectivity index is 0.000000401. The number of nitrogens with two attached hydrogens (primary N) is 1. The summed E-state index contributed by atoms with van der Waals surface area (Å²) in [5.74, 6) is -0.212. The quantitative estimate of drug-likeness (QED) is 0.900. The van der Waals surface area contributed by atoms with Crippen LogP contribution in [0.1, 0.15) is 23.2 Å². The van der Waals surface area contributed by atoms with E-state index in [9.17, 15) is 9.59 Å². The molecule has 0 atom stereocenters. The minimum atomic E-state index is -0.379. The van der Waals surface area contributed by atoms with Crippen LogP contribution in [0.25, 0.3) is 0 Å². The summed E-state index contributed by atoms with van der Waals surface area (Å²) in [4.78, 5) is 25.3. The molecule has 25 heavy (non-hydrogen) atoms. The van der Waals surface area contributed by atoms with Crippen molar-refractivity contribution in [2.75, 3.05) is 23.4 Å². The van der Waals surface area contributed by atoms with E-state index < -0.39 is 0 Å². The number of rotatable bonds is 3. The van der Waals surface area contributed by atoms with Crippen LogP contribution in [0.4, 0.5) is 16.2 Å². The first-order chi connectivity index (χ1) is 12.1. The molecule has 1 saturated heterocycles. The summed E-state index contributed by atoms with van der Waals surface area (Å²) < 4.78 is 4.90. The number of ether oxygens (including phenoxy) is 1. The molecule has 0 spiro atoms. The van der Waals surface area contributed by atoms with Crippen LogP contribution in [0.5, 0.6) is 0 Å². The number of carbonyl (C=O) groups is 2. The lowest BCUT2D eigenvalue weighted by Crippen LogP contribution is -2.23. The standard InChI is InChI=1S/C16H14N2O3.C3H7N/c19-15(17-13-6-2-1-3-7-13)12-5-4-8-14(11-12)18-9-10-21-16(18)20;4-3-1-2-3/h1-8,11H,9-10H2,(H,17,19);3H,1-2,4H2. The first-order valence-electron chi connectivity index (χ1n) is 8.30. The Bertz CT molecular complexity index is 745. The van der Waals surface area contributed by atoms with E-state index in [1.807, 2.05) is 30.3 Å². The van der Waals surface area contributed by atoms with Gasteiger partial charge >= 0.3 is 6.09 Å². The van der Waals surface area contributed by atoms with Crippen molar-refractivity contribution in [1.82, 2.24) is 0 Å². The van der Waals surface area contributed by atoms with Gasteiger partial charge in [-0.05, 0) is 43.2 Å². The van der Waals surface area contributed by atoms with Crippen LogP contribution >= 0.6 is 0 Å². The minimum absolute atomic E-state index is 0.212. The van der Waals surface area contributed by atoms with Crippen LogP contribution in [0.15, 0.2) is 54.6 Å². The predicted octanol–water partition coefficient (Wildman–Crippen LogP) is 3.00. The van der Waals surface area contributed by atoms with E-state index in [0.717, 1.165) is 5.69 Å². The zero-order chi connectivity index (χ0) is 17.6. The lowest BCUT2D eigenvalue weighted by Gasteiger charge is -2.13. The molecule has 1 saturated carbocycles. The van der Waals surface area contributed by atoms with Crippen molar-refractivity contribution in [2.45, 2.75) is 18.9 Å². The van der Waals surface area contributed by atoms with Gasteiger partial charge in [0, 0.05) is 23.0 Å². The van der Waals surface area contributed by atoms with E-state index >= 15 is 0 Å². The zero-order valence-electron chi connectivity index (χ0n) is 13.9. The molecule has 2 fully saturated rings. The average Bonchev–Trinajstić information content (AvgIpc) is 3.30. The van der Waals surface area contributed by atoms with Gasteiger partial charge in [-0.15, -0.1) is 0 Å². The Labute approximate surface area is 146 Å². The first kappa shape index (κ1) is 17.0. The molecule has 2 aromatic rings. The smallest absolute Gasteiger partial charge is 0.414 e. The lowest BCUT2D eigenvalue weighted by molar-refractivity contribution is 0.102. The third-order valence-corrected chi connectivity index (χ3v) is 3.83. The highest BCUT2D eigenvalue weighted by atomic mass is 16.6. The molecule has 1 heterocycles. The Morgan fingerprint density at radius 1 is 1.12 bits per heavy atom. The maximum Gasteiger partial charge on any atom is 0.414 e. The summed E-state index contributed by atoms with van der Waals surface area (Å²) in [5.41, 5.74) is 7.11. The number of amides is 2. The number of carbonyl (C=O) groups excluding carboxylic acids is 2. The maximum absolute atomic E-state index is 12.2. The van der Waals surface area contributed by atoms with Gasteiger partial charge in [-0.25, -0.2) is 4.79 Å². The minimum Gasteiger partial charge on any atom is -0.447 e. The molecule has 6 heteroatoms. The molecule has 1 aliphatic carbocycles. The molecule has 2 aliphatic rings. The molecule has 130 valence electrons. The van der Waals surface area contributed by atoms with Crippen LogP contribution in [0, 0.1) is 0 Å². The summed E-state index contributed by atoms with van der Waals surface area (Å²) in [5, 5.41) is 2.81. The summed E-state index contributed by atoms with van der Waals surface area (Å²) in [6.45, 7) is 0.877. The van der Waals surface area contributed by atoms with Crippen LogP contribution in [0.3, 0.4) is 0 Å². The Hall–Kier alpha value is -2.86. The van der Waals surface area contributed by atoms with E-state index in [1.54, 1.807) is 24.3 Å². The molecule has 6 nitrogen and oxygen atoms in total. The average molecular weight is 339 g/mol. The number of benzene rings is 2. The van der Waals surface area contributed by atoms with E-state index in [1.165, 1.54) is 17.7 Å². The van der Waals surface area contributed by atoms with Gasteiger partial charge < -0.3 is 15.8 Å². The van der Waals surface area contributed by atoms with Crippen molar-refractivity contribution in [1.29, 1.82) is 0 Å². The predicted molar refractivity (Wildman–Crippen MR) is 96.7 cm³/mol. The van der Waals surface area contributed by atoms with Gasteiger partial charge in [-0.3, -0.25) is 9.69 Å². The maximum atomic E-state index is 12.2. The van der Waals surface area contributed by atoms with Crippen molar-refractivity contribution < 1.29 is 14.3 Å². The second kappa shape index (κ2) is 7.81. The summed E-state index contributed by atoms with van der Waals surface area (Å²) in [6.07, 6.45) is 2.15. The molecule has 2 aromatic carbocycles. The van der Waals surface area contributed by atoms with Gasteiger partial charge in [0.25, 0.3) is 5.91 Å². The first-order valence-corrected chi connectivity index (χ1v) is 8.30. The van der Waals surface area contributed by atoms with Gasteiger partial charge in [0.15, 0.2) is 0 Å². The molecule has 0 bridgehead atoms. The van der Waals surface area contributed by atoms with Crippen LogP contribution in [-0.2, 0) is 4.74 Å². The molecule has 3 N–H and O–H groups in total. The van der Waals surface area contributed by atoms with Crippen LogP contribution in [0.2, 0.25) is 0 Å². The van der Waals surface area contributed by atoms with Gasteiger partial charge in [-0.1, -0.05) is 24.3 Å². The molecule has 0 aromatic heterocycles. The van der Waals surface area contributed by atoms with Gasteiger partial charge in [0.1, 0.15) is 6.61 Å². The number of hydrogen-bond donors (Lipinski definition) is 2. The zero-order valence-corrected chi connectivity index (χ0v) is 13.9. The van der Waals surface area contributed by atoms with Crippen molar-refractivity contribution in [3.8, 4) is 0 Å². The van der Waals surface area contributed by atoms with Crippen molar-refractivity contribution in [3.05, 3.63) is 60.2 Å². The van der Waals surface area contributed by atoms with E-state index in [2.05, 4.69) is 5.32 Å². The highest BCUT2D eigenvalue weighted by Gasteiger charge is 2.24. The van der Waals surface area contributed by atoms with Gasteiger partial charge in [0.2, 0.25) is 0 Å². The molecule has 0 radical (unpaired) electrons. The Morgan fingerprint density at radius 3 is 2.44 bits per heavy atom. The van der Waals surface area contributed by atoms with Crippen LogP contribution < -0.4 is 16.0 Å². The SMILES string of the molecule is NC1CC1.O=C(Nc1ccccc1)c1cccc(N2CCOC2=O)c1. The highest BCUT2D eigenvalue weighted by molar-refractivity contribution is 6.05. The number of nitrogens with one attached hydrogen (secondary N) is 1. The fourth-order valence-corrected chi connectivity index (χ4v) is 2.26. The number of para-hydroxylation sites is 1. The Kier molecular flexibility index (Phi) is 5.30. The monoisotopic (exact) mass is 339 g/mol. The second-order valence-corrected chi connectivity index (χ2v) is 5.97. The number of nitrogens with zero attached hydrogens (tertiary/aromatic N) is 1. The molecule has 4 rings (SSSR count). The fraction of sp³-hybridized carbons (Fsp3) is 0.263.